The van der Waals surface area contributed by atoms with Crippen LogP contribution in [-0.2, 0) is 16.1 Å². The third-order valence-corrected chi connectivity index (χ3v) is 6.29. The fourth-order valence-corrected chi connectivity index (χ4v) is 4.29. The number of hydrogen-bond acceptors (Lipinski definition) is 4. The second-order valence-corrected chi connectivity index (χ2v) is 8.47. The van der Waals surface area contributed by atoms with Gasteiger partial charge in [0.15, 0.2) is 0 Å². The van der Waals surface area contributed by atoms with E-state index in [1.165, 1.54) is 5.56 Å². The average molecular weight is 425 g/mol. The van der Waals surface area contributed by atoms with Crippen LogP contribution in [0, 0.1) is 11.8 Å². The molecule has 2 aliphatic rings. The molecule has 2 saturated carbocycles. The van der Waals surface area contributed by atoms with Crippen LogP contribution < -0.4 is 5.73 Å². The van der Waals surface area contributed by atoms with Crippen molar-refractivity contribution in [1.82, 2.24) is 4.90 Å². The molecule has 0 spiro atoms. The Morgan fingerprint density at radius 2 is 1.48 bits per heavy atom. The molecule has 0 bridgehead atoms. The highest BCUT2D eigenvalue weighted by molar-refractivity contribution is 5.85. The van der Waals surface area contributed by atoms with Gasteiger partial charge in [0.05, 0.1) is 5.92 Å². The van der Waals surface area contributed by atoms with Crippen molar-refractivity contribution in [1.29, 1.82) is 0 Å². The minimum atomic E-state index is -0.660. The lowest BCUT2D eigenvalue weighted by Crippen LogP contribution is -2.35. The fraction of sp³-hybridized carbons (Fsp3) is 0.652. The summed E-state index contributed by atoms with van der Waals surface area (Å²) in [5.41, 5.74) is 6.97. The molecule has 29 heavy (non-hydrogen) atoms. The molecule has 1 aromatic carbocycles. The van der Waals surface area contributed by atoms with Crippen molar-refractivity contribution >= 4 is 24.2 Å². The van der Waals surface area contributed by atoms with Crippen LogP contribution in [0.2, 0.25) is 0 Å². The van der Waals surface area contributed by atoms with E-state index in [-0.39, 0.29) is 24.4 Å². The maximum atomic E-state index is 11.4. The third-order valence-electron chi connectivity index (χ3n) is 6.29. The largest absolute Gasteiger partial charge is 0.481 e. The maximum Gasteiger partial charge on any atom is 0.306 e. The number of benzene rings is 1. The highest BCUT2D eigenvalue weighted by Crippen LogP contribution is 2.28. The molecule has 0 unspecified atom stereocenters. The number of aliphatic carboxylic acids is 1. The van der Waals surface area contributed by atoms with E-state index in [4.69, 9.17) is 10.8 Å². The van der Waals surface area contributed by atoms with E-state index in [1.54, 1.807) is 6.92 Å². The lowest BCUT2D eigenvalue weighted by atomic mass is 9.83. The molecule has 6 heteroatoms. The molecule has 2 fully saturated rings. The van der Waals surface area contributed by atoms with Gasteiger partial charge in [0.2, 0.25) is 0 Å². The number of carboxylic acids is 1. The third kappa shape index (κ3) is 8.85. The Morgan fingerprint density at radius 1 is 0.966 bits per heavy atom. The van der Waals surface area contributed by atoms with E-state index in [2.05, 4.69) is 42.3 Å². The number of nitrogens with two attached hydrogens (primary N) is 1. The summed E-state index contributed by atoms with van der Waals surface area (Å²) < 4.78 is 0. The van der Waals surface area contributed by atoms with Crippen molar-refractivity contribution in [2.45, 2.75) is 76.9 Å². The van der Waals surface area contributed by atoms with E-state index in [1.807, 2.05) is 0 Å². The Hall–Kier alpha value is -1.43. The van der Waals surface area contributed by atoms with Crippen molar-refractivity contribution in [2.24, 2.45) is 17.6 Å². The van der Waals surface area contributed by atoms with Gasteiger partial charge >= 0.3 is 5.97 Å². The first-order chi connectivity index (χ1) is 13.4. The number of halogens is 1. The Kier molecular flexibility index (Phi) is 11.5. The van der Waals surface area contributed by atoms with Crippen molar-refractivity contribution in [3.63, 3.8) is 0 Å². The molecule has 5 nitrogen and oxygen atoms in total. The van der Waals surface area contributed by atoms with Gasteiger partial charge in [-0.05, 0) is 70.9 Å². The number of rotatable bonds is 5. The summed E-state index contributed by atoms with van der Waals surface area (Å²) in [4.78, 5) is 24.2. The Bertz CT molecular complexity index is 610. The second kappa shape index (κ2) is 13.0. The second-order valence-electron chi connectivity index (χ2n) is 8.47. The average Bonchev–Trinajstić information content (AvgIpc) is 2.69. The normalized spacial score (nSPS) is 26.6. The van der Waals surface area contributed by atoms with Crippen LogP contribution in [0.3, 0.4) is 0 Å². The Balaban J connectivity index is 0.000000327. The zero-order chi connectivity index (χ0) is 20.5. The number of ketones is 1. The molecule has 3 N–H and O–H groups in total. The monoisotopic (exact) mass is 424 g/mol. The van der Waals surface area contributed by atoms with Gasteiger partial charge in [0, 0.05) is 24.5 Å². The van der Waals surface area contributed by atoms with Crippen LogP contribution in [0.5, 0.6) is 0 Å². The first kappa shape index (κ1) is 25.6. The number of carbonyl (C=O) groups is 2. The lowest BCUT2D eigenvalue weighted by Gasteiger charge is -2.34. The summed E-state index contributed by atoms with van der Waals surface area (Å²) in [5.74, 6) is -0.0859. The van der Waals surface area contributed by atoms with Gasteiger partial charge in [-0.2, -0.15) is 0 Å². The summed E-state index contributed by atoms with van der Waals surface area (Å²) in [5, 5.41) is 8.58. The Morgan fingerprint density at radius 3 is 1.97 bits per heavy atom. The molecule has 0 aliphatic heterocycles. The van der Waals surface area contributed by atoms with Crippen LogP contribution >= 0.6 is 12.4 Å². The first-order valence-electron chi connectivity index (χ1n) is 10.6. The summed E-state index contributed by atoms with van der Waals surface area (Å²) in [6.45, 7) is 2.74. The topological polar surface area (TPSA) is 83.6 Å². The first-order valence-corrected chi connectivity index (χ1v) is 10.6. The fourth-order valence-electron chi connectivity index (χ4n) is 4.29. The maximum absolute atomic E-state index is 11.4. The van der Waals surface area contributed by atoms with E-state index < -0.39 is 5.97 Å². The van der Waals surface area contributed by atoms with Gasteiger partial charge in [-0.3, -0.25) is 14.5 Å². The highest BCUT2D eigenvalue weighted by Gasteiger charge is 2.26. The molecule has 0 radical (unpaired) electrons. The van der Waals surface area contributed by atoms with E-state index in [0.717, 1.165) is 57.9 Å². The SMILES string of the molecule is CC(=O)C1CCC(N(C)Cc2ccccc2)CC1.Cl.NC1CCC(C(=O)O)CC1. The van der Waals surface area contributed by atoms with Crippen LogP contribution in [0.25, 0.3) is 0 Å². The molecule has 3 rings (SSSR count). The molecule has 2 aliphatic carbocycles. The number of hydrogen-bond donors (Lipinski definition) is 2. The number of carboxylic acid groups (broad SMARTS) is 1. The summed E-state index contributed by atoms with van der Waals surface area (Å²) >= 11 is 0. The van der Waals surface area contributed by atoms with Crippen LogP contribution in [0.15, 0.2) is 30.3 Å². The van der Waals surface area contributed by atoms with Gasteiger partial charge in [-0.1, -0.05) is 30.3 Å². The summed E-state index contributed by atoms with van der Waals surface area (Å²) in [7, 11) is 2.20. The van der Waals surface area contributed by atoms with Crippen LogP contribution in [0.4, 0.5) is 0 Å². The molecule has 0 saturated heterocycles. The van der Waals surface area contributed by atoms with Gasteiger partial charge in [-0.25, -0.2) is 0 Å². The van der Waals surface area contributed by atoms with Gasteiger partial charge in [0.25, 0.3) is 0 Å². The van der Waals surface area contributed by atoms with Crippen LogP contribution in [-0.4, -0.2) is 40.9 Å². The zero-order valence-corrected chi connectivity index (χ0v) is 18.6. The standard InChI is InChI=1S/C16H23NO.C7H13NO2.ClH/c1-13(18)15-8-10-16(11-9-15)17(2)12-14-6-4-3-5-7-14;8-6-3-1-5(2-4-6)7(9)10;/h3-7,15-16H,8-12H2,1-2H3;5-6H,1-4,8H2,(H,9,10);1H. The highest BCUT2D eigenvalue weighted by atomic mass is 35.5. The number of carbonyl (C=O) groups excluding carboxylic acids is 1. The molecule has 0 heterocycles. The predicted molar refractivity (Wildman–Crippen MR) is 119 cm³/mol. The van der Waals surface area contributed by atoms with Crippen molar-refractivity contribution < 1.29 is 14.7 Å². The van der Waals surface area contributed by atoms with Crippen LogP contribution in [0.1, 0.15) is 63.9 Å². The number of nitrogens with zero attached hydrogens (tertiary/aromatic N) is 1. The van der Waals surface area contributed by atoms with Gasteiger partial charge < -0.3 is 10.8 Å². The lowest BCUT2D eigenvalue weighted by molar-refractivity contribution is -0.142. The van der Waals surface area contributed by atoms with E-state index in [9.17, 15) is 9.59 Å². The zero-order valence-electron chi connectivity index (χ0n) is 17.8. The minimum absolute atomic E-state index is 0. The molecular weight excluding hydrogens is 388 g/mol. The smallest absolute Gasteiger partial charge is 0.306 e. The molecule has 0 atom stereocenters. The van der Waals surface area contributed by atoms with Gasteiger partial charge in [-0.15, -0.1) is 12.4 Å². The quantitative estimate of drug-likeness (QED) is 0.737. The van der Waals surface area contributed by atoms with Crippen molar-refractivity contribution in [3.05, 3.63) is 35.9 Å². The van der Waals surface area contributed by atoms with E-state index in [0.29, 0.717) is 17.7 Å². The minimum Gasteiger partial charge on any atom is -0.481 e. The van der Waals surface area contributed by atoms with Crippen molar-refractivity contribution in [3.8, 4) is 0 Å². The van der Waals surface area contributed by atoms with E-state index >= 15 is 0 Å². The number of Topliss-reactive ketones (excluding diaryl/α,β-unsaturated/α-hetero) is 1. The van der Waals surface area contributed by atoms with Crippen molar-refractivity contribution in [2.75, 3.05) is 7.05 Å². The predicted octanol–water partition coefficient (Wildman–Crippen LogP) is 4.28. The Labute approximate surface area is 181 Å². The summed E-state index contributed by atoms with van der Waals surface area (Å²) in [6.07, 6.45) is 7.72. The molecule has 1 aromatic rings. The van der Waals surface area contributed by atoms with Gasteiger partial charge in [0.1, 0.15) is 5.78 Å². The molecule has 164 valence electrons. The molecule has 0 amide bonds. The summed E-state index contributed by atoms with van der Waals surface area (Å²) in [6, 6.07) is 11.5. The molecule has 0 aromatic heterocycles. The molecular formula is C23H37ClN2O3.